The highest BCUT2D eigenvalue weighted by atomic mass is 16.5. The van der Waals surface area contributed by atoms with Crippen LogP contribution in [0.1, 0.15) is 24.8 Å². The predicted molar refractivity (Wildman–Crippen MR) is 84.4 cm³/mol. The first-order valence-corrected chi connectivity index (χ1v) is 7.29. The van der Waals surface area contributed by atoms with Crippen molar-refractivity contribution in [1.82, 2.24) is 4.98 Å². The Morgan fingerprint density at radius 1 is 1.32 bits per heavy atom. The third kappa shape index (κ3) is 2.43. The van der Waals surface area contributed by atoms with Gasteiger partial charge < -0.3 is 19.6 Å². The van der Waals surface area contributed by atoms with Gasteiger partial charge >= 0.3 is 5.97 Å². The van der Waals surface area contributed by atoms with Gasteiger partial charge in [-0.2, -0.15) is 0 Å². The summed E-state index contributed by atoms with van der Waals surface area (Å²) in [6.45, 7) is 0. The number of H-pyrrole nitrogens is 1. The first-order chi connectivity index (χ1) is 10.6. The van der Waals surface area contributed by atoms with Crippen LogP contribution in [0.3, 0.4) is 0 Å². The fraction of sp³-hybridized carbons (Fsp3) is 0.353. The van der Waals surface area contributed by atoms with E-state index in [1.165, 1.54) is 5.57 Å². The van der Waals surface area contributed by atoms with Crippen LogP contribution in [0.2, 0.25) is 0 Å². The maximum atomic E-state index is 11.1. The van der Waals surface area contributed by atoms with Crippen molar-refractivity contribution < 1.29 is 19.4 Å². The lowest BCUT2D eigenvalue weighted by atomic mass is 9.86. The molecule has 1 atom stereocenters. The van der Waals surface area contributed by atoms with E-state index in [4.69, 9.17) is 14.6 Å². The molecule has 0 radical (unpaired) electrons. The van der Waals surface area contributed by atoms with Crippen LogP contribution in [0.4, 0.5) is 0 Å². The van der Waals surface area contributed by atoms with Gasteiger partial charge in [-0.25, -0.2) is 0 Å². The van der Waals surface area contributed by atoms with Crippen molar-refractivity contribution in [3.05, 3.63) is 30.0 Å². The Morgan fingerprint density at radius 3 is 2.73 bits per heavy atom. The molecular formula is C17H19NO4. The number of rotatable bonds is 4. The number of aromatic amines is 1. The second-order valence-electron chi connectivity index (χ2n) is 5.49. The topological polar surface area (TPSA) is 71.5 Å². The van der Waals surface area contributed by atoms with Crippen molar-refractivity contribution in [3.8, 4) is 11.5 Å². The Balaban J connectivity index is 2.03. The number of ether oxygens (including phenoxy) is 2. The molecule has 0 saturated heterocycles. The standard InChI is InChI=1S/C17H19NO4/c1-21-12-7-13-14(9-18-16(13)15(8-12)22-2)10-3-5-11(6-4-10)17(19)20/h3,7-9,11,18H,4-6H2,1-2H3,(H,19,20). The third-order valence-electron chi connectivity index (χ3n) is 4.29. The Morgan fingerprint density at radius 2 is 2.14 bits per heavy atom. The van der Waals surface area contributed by atoms with Gasteiger partial charge in [-0.1, -0.05) is 6.08 Å². The maximum Gasteiger partial charge on any atom is 0.306 e. The lowest BCUT2D eigenvalue weighted by Crippen LogP contribution is -2.15. The van der Waals surface area contributed by atoms with Gasteiger partial charge in [0.25, 0.3) is 0 Å². The van der Waals surface area contributed by atoms with Crippen LogP contribution >= 0.6 is 0 Å². The lowest BCUT2D eigenvalue weighted by molar-refractivity contribution is -0.141. The largest absolute Gasteiger partial charge is 0.497 e. The number of hydrogen-bond donors (Lipinski definition) is 2. The van der Waals surface area contributed by atoms with Crippen molar-refractivity contribution in [2.75, 3.05) is 14.2 Å². The van der Waals surface area contributed by atoms with Crippen LogP contribution in [0.5, 0.6) is 11.5 Å². The molecule has 3 rings (SSSR count). The highest BCUT2D eigenvalue weighted by Gasteiger charge is 2.23. The molecule has 0 bridgehead atoms. The van der Waals surface area contributed by atoms with Gasteiger partial charge in [0.15, 0.2) is 0 Å². The number of carboxylic acid groups (broad SMARTS) is 1. The van der Waals surface area contributed by atoms with Crippen LogP contribution in [0.25, 0.3) is 16.5 Å². The van der Waals surface area contributed by atoms with E-state index in [-0.39, 0.29) is 5.92 Å². The van der Waals surface area contributed by atoms with Crippen LogP contribution in [-0.4, -0.2) is 30.3 Å². The highest BCUT2D eigenvalue weighted by Crippen LogP contribution is 2.38. The summed E-state index contributed by atoms with van der Waals surface area (Å²) in [5, 5.41) is 10.1. The van der Waals surface area contributed by atoms with Crippen molar-refractivity contribution >= 4 is 22.4 Å². The van der Waals surface area contributed by atoms with Gasteiger partial charge in [0.2, 0.25) is 0 Å². The third-order valence-corrected chi connectivity index (χ3v) is 4.29. The first-order valence-electron chi connectivity index (χ1n) is 7.29. The maximum absolute atomic E-state index is 11.1. The molecule has 22 heavy (non-hydrogen) atoms. The summed E-state index contributed by atoms with van der Waals surface area (Å²) in [7, 11) is 3.26. The minimum Gasteiger partial charge on any atom is -0.497 e. The van der Waals surface area contributed by atoms with Gasteiger partial charge in [-0.15, -0.1) is 0 Å². The van der Waals surface area contributed by atoms with E-state index in [0.717, 1.165) is 34.4 Å². The molecule has 0 aliphatic heterocycles. The number of fused-ring (bicyclic) bond motifs is 1. The van der Waals surface area contributed by atoms with Gasteiger partial charge in [-0.3, -0.25) is 4.79 Å². The van der Waals surface area contributed by atoms with Crippen molar-refractivity contribution in [2.45, 2.75) is 19.3 Å². The molecule has 0 amide bonds. The average molecular weight is 301 g/mol. The number of benzene rings is 1. The molecule has 1 unspecified atom stereocenters. The summed E-state index contributed by atoms with van der Waals surface area (Å²) >= 11 is 0. The number of carbonyl (C=O) groups is 1. The smallest absolute Gasteiger partial charge is 0.306 e. The Bertz CT molecular complexity index is 744. The van der Waals surface area contributed by atoms with Crippen LogP contribution < -0.4 is 9.47 Å². The van der Waals surface area contributed by atoms with Gasteiger partial charge in [0.1, 0.15) is 11.5 Å². The summed E-state index contributed by atoms with van der Waals surface area (Å²) in [5.74, 6) is 0.501. The molecular weight excluding hydrogens is 282 g/mol. The Labute approximate surface area is 128 Å². The number of aliphatic carboxylic acids is 1. The number of allylic oxidation sites excluding steroid dienone is 2. The van der Waals surface area contributed by atoms with Crippen molar-refractivity contribution in [3.63, 3.8) is 0 Å². The molecule has 0 fully saturated rings. The molecule has 1 aliphatic rings. The molecule has 116 valence electrons. The summed E-state index contributed by atoms with van der Waals surface area (Å²) in [5.41, 5.74) is 3.20. The SMILES string of the molecule is COc1cc(OC)c2[nH]cc(C3=CCC(C(=O)O)CC3)c2c1. The molecule has 1 aromatic carbocycles. The second kappa shape index (κ2) is 5.75. The summed E-state index contributed by atoms with van der Waals surface area (Å²) < 4.78 is 10.7. The zero-order valence-corrected chi connectivity index (χ0v) is 12.7. The number of nitrogens with one attached hydrogen (secondary N) is 1. The molecule has 1 heterocycles. The molecule has 5 nitrogen and oxygen atoms in total. The van der Waals surface area contributed by atoms with E-state index < -0.39 is 5.97 Å². The molecule has 1 aliphatic carbocycles. The number of aromatic nitrogens is 1. The van der Waals surface area contributed by atoms with E-state index in [1.807, 2.05) is 24.4 Å². The van der Waals surface area contributed by atoms with E-state index in [0.29, 0.717) is 12.8 Å². The van der Waals surface area contributed by atoms with Crippen LogP contribution in [-0.2, 0) is 4.79 Å². The van der Waals surface area contributed by atoms with E-state index in [9.17, 15) is 4.79 Å². The van der Waals surface area contributed by atoms with Gasteiger partial charge in [-0.05, 0) is 30.9 Å². The zero-order chi connectivity index (χ0) is 15.7. The fourth-order valence-electron chi connectivity index (χ4n) is 3.02. The fourth-order valence-corrected chi connectivity index (χ4v) is 3.02. The summed E-state index contributed by atoms with van der Waals surface area (Å²) in [4.78, 5) is 14.3. The number of hydrogen-bond acceptors (Lipinski definition) is 3. The van der Waals surface area contributed by atoms with E-state index in [1.54, 1.807) is 14.2 Å². The van der Waals surface area contributed by atoms with Crippen LogP contribution in [0.15, 0.2) is 24.4 Å². The molecule has 0 spiro atoms. The number of carboxylic acids is 1. The van der Waals surface area contributed by atoms with Crippen LogP contribution in [0, 0.1) is 5.92 Å². The average Bonchev–Trinajstić information content (AvgIpc) is 2.97. The lowest BCUT2D eigenvalue weighted by Gasteiger charge is -2.18. The highest BCUT2D eigenvalue weighted by molar-refractivity contribution is 5.97. The number of methoxy groups -OCH3 is 2. The van der Waals surface area contributed by atoms with E-state index in [2.05, 4.69) is 4.98 Å². The molecule has 2 aromatic rings. The van der Waals surface area contributed by atoms with E-state index >= 15 is 0 Å². The van der Waals surface area contributed by atoms with Crippen molar-refractivity contribution in [2.24, 2.45) is 5.92 Å². The quantitative estimate of drug-likeness (QED) is 0.907. The van der Waals surface area contributed by atoms with Gasteiger partial charge in [0, 0.05) is 23.2 Å². The normalized spacial score (nSPS) is 18.1. The van der Waals surface area contributed by atoms with Gasteiger partial charge in [0.05, 0.1) is 25.7 Å². The summed E-state index contributed by atoms with van der Waals surface area (Å²) in [6, 6.07) is 3.83. The minimum atomic E-state index is -0.711. The Kier molecular flexibility index (Phi) is 3.79. The molecule has 2 N–H and O–H groups in total. The summed E-state index contributed by atoms with van der Waals surface area (Å²) in [6.07, 6.45) is 6.02. The molecule has 5 heteroatoms. The molecule has 1 aromatic heterocycles. The zero-order valence-electron chi connectivity index (χ0n) is 12.7. The Hall–Kier alpha value is -2.43. The second-order valence-corrected chi connectivity index (χ2v) is 5.49. The minimum absolute atomic E-state index is 0.266. The predicted octanol–water partition coefficient (Wildman–Crippen LogP) is 3.45. The molecule has 0 saturated carbocycles. The first kappa shape index (κ1) is 14.5. The van der Waals surface area contributed by atoms with Crippen molar-refractivity contribution in [1.29, 1.82) is 0 Å². The monoisotopic (exact) mass is 301 g/mol.